The maximum atomic E-state index is 5.69. The molecule has 0 atom stereocenters. The van der Waals surface area contributed by atoms with Gasteiger partial charge in [-0.05, 0) is 30.1 Å². The number of halogens is 2. The molecular formula is C13H26Br2O. The molecule has 1 nitrogen and oxygen atoms in total. The van der Waals surface area contributed by atoms with E-state index in [2.05, 4.69) is 59.6 Å². The zero-order valence-corrected chi connectivity index (χ0v) is 14.2. The van der Waals surface area contributed by atoms with Crippen molar-refractivity contribution in [1.29, 1.82) is 0 Å². The molecule has 0 aromatic rings. The van der Waals surface area contributed by atoms with Crippen LogP contribution in [0.4, 0.5) is 0 Å². The molecule has 0 aliphatic rings. The molecule has 0 saturated carbocycles. The maximum Gasteiger partial charge on any atom is 0.0488 e. The van der Waals surface area contributed by atoms with Crippen LogP contribution in [-0.4, -0.2) is 23.9 Å². The van der Waals surface area contributed by atoms with E-state index in [-0.39, 0.29) is 0 Å². The van der Waals surface area contributed by atoms with E-state index in [1.54, 1.807) is 0 Å². The van der Waals surface area contributed by atoms with E-state index in [1.807, 2.05) is 0 Å². The minimum Gasteiger partial charge on any atom is -0.381 e. The van der Waals surface area contributed by atoms with Gasteiger partial charge >= 0.3 is 0 Å². The van der Waals surface area contributed by atoms with Crippen molar-refractivity contribution in [2.24, 2.45) is 17.3 Å². The molecule has 98 valence electrons. The lowest BCUT2D eigenvalue weighted by atomic mass is 9.81. The monoisotopic (exact) mass is 356 g/mol. The van der Waals surface area contributed by atoms with Crippen LogP contribution in [-0.2, 0) is 4.74 Å². The van der Waals surface area contributed by atoms with Crippen molar-refractivity contribution >= 4 is 31.9 Å². The standard InChI is InChI=1S/C13H26Br2O/c1-11(2)7-13(9-14,10-15)5-6-16-8-12(3)4/h11-12H,5-10H2,1-4H3. The van der Waals surface area contributed by atoms with Gasteiger partial charge in [0.25, 0.3) is 0 Å². The Morgan fingerprint density at radius 2 is 1.56 bits per heavy atom. The Hall–Kier alpha value is 0.920. The topological polar surface area (TPSA) is 9.23 Å². The highest BCUT2D eigenvalue weighted by Gasteiger charge is 2.28. The molecule has 0 spiro atoms. The number of rotatable bonds is 9. The molecule has 0 N–H and O–H groups in total. The van der Waals surface area contributed by atoms with E-state index < -0.39 is 0 Å². The van der Waals surface area contributed by atoms with Crippen LogP contribution in [0, 0.1) is 17.3 Å². The Balaban J connectivity index is 4.01. The van der Waals surface area contributed by atoms with Crippen molar-refractivity contribution in [2.45, 2.75) is 40.5 Å². The third-order valence-electron chi connectivity index (χ3n) is 2.64. The number of alkyl halides is 2. The van der Waals surface area contributed by atoms with Crippen molar-refractivity contribution in [2.75, 3.05) is 23.9 Å². The second-order valence-corrected chi connectivity index (χ2v) is 6.71. The van der Waals surface area contributed by atoms with Crippen LogP contribution >= 0.6 is 31.9 Å². The van der Waals surface area contributed by atoms with Gasteiger partial charge in [0.05, 0.1) is 0 Å². The van der Waals surface area contributed by atoms with Gasteiger partial charge in [-0.1, -0.05) is 59.6 Å². The maximum absolute atomic E-state index is 5.69. The molecule has 0 aliphatic heterocycles. The summed E-state index contributed by atoms with van der Waals surface area (Å²) in [6, 6.07) is 0. The SMILES string of the molecule is CC(C)COCCC(CBr)(CBr)CC(C)C. The van der Waals surface area contributed by atoms with Crippen molar-refractivity contribution in [3.63, 3.8) is 0 Å². The Kier molecular flexibility index (Phi) is 9.44. The summed E-state index contributed by atoms with van der Waals surface area (Å²) in [5.74, 6) is 1.37. The van der Waals surface area contributed by atoms with Crippen molar-refractivity contribution in [3.05, 3.63) is 0 Å². The molecule has 0 heterocycles. The Morgan fingerprint density at radius 1 is 1.00 bits per heavy atom. The first-order valence-corrected chi connectivity index (χ1v) is 8.39. The normalized spacial score (nSPS) is 12.8. The van der Waals surface area contributed by atoms with Crippen molar-refractivity contribution in [3.8, 4) is 0 Å². The number of ether oxygens (including phenoxy) is 1. The van der Waals surface area contributed by atoms with E-state index in [0.717, 1.165) is 36.2 Å². The number of hydrogen-bond donors (Lipinski definition) is 0. The molecule has 0 bridgehead atoms. The van der Waals surface area contributed by atoms with Gasteiger partial charge in [0.15, 0.2) is 0 Å². The zero-order valence-electron chi connectivity index (χ0n) is 11.1. The average molecular weight is 358 g/mol. The fourth-order valence-corrected chi connectivity index (χ4v) is 3.80. The van der Waals surface area contributed by atoms with Crippen LogP contribution in [0.15, 0.2) is 0 Å². The lowest BCUT2D eigenvalue weighted by molar-refractivity contribution is 0.0823. The second kappa shape index (κ2) is 8.93. The molecule has 0 aromatic heterocycles. The molecule has 0 fully saturated rings. The van der Waals surface area contributed by atoms with E-state index in [0.29, 0.717) is 11.3 Å². The van der Waals surface area contributed by atoms with Crippen LogP contribution in [0.2, 0.25) is 0 Å². The van der Waals surface area contributed by atoms with E-state index >= 15 is 0 Å². The van der Waals surface area contributed by atoms with Gasteiger partial charge in [-0.2, -0.15) is 0 Å². The molecule has 0 saturated heterocycles. The second-order valence-electron chi connectivity index (χ2n) is 5.58. The fraction of sp³-hybridized carbons (Fsp3) is 1.00. The van der Waals surface area contributed by atoms with Crippen LogP contribution in [0.1, 0.15) is 40.5 Å². The highest BCUT2D eigenvalue weighted by molar-refractivity contribution is 9.09. The highest BCUT2D eigenvalue weighted by atomic mass is 79.9. The van der Waals surface area contributed by atoms with E-state index in [1.165, 1.54) is 6.42 Å². The average Bonchev–Trinajstić information content (AvgIpc) is 2.22. The Morgan fingerprint density at radius 3 is 1.94 bits per heavy atom. The predicted octanol–water partition coefficient (Wildman–Crippen LogP) is 4.87. The van der Waals surface area contributed by atoms with Crippen molar-refractivity contribution in [1.82, 2.24) is 0 Å². The Labute approximate surface area is 118 Å². The first-order chi connectivity index (χ1) is 7.45. The lowest BCUT2D eigenvalue weighted by Gasteiger charge is -2.32. The fourth-order valence-electron chi connectivity index (χ4n) is 1.85. The zero-order chi connectivity index (χ0) is 12.6. The third-order valence-corrected chi connectivity index (χ3v) is 5.02. The summed E-state index contributed by atoms with van der Waals surface area (Å²) < 4.78 is 5.69. The smallest absolute Gasteiger partial charge is 0.0488 e. The molecule has 0 rings (SSSR count). The van der Waals surface area contributed by atoms with Gasteiger partial charge in [-0.15, -0.1) is 0 Å². The molecule has 0 radical (unpaired) electrons. The third kappa shape index (κ3) is 7.29. The highest BCUT2D eigenvalue weighted by Crippen LogP contribution is 2.34. The molecule has 0 amide bonds. The first kappa shape index (κ1) is 16.9. The molecular weight excluding hydrogens is 332 g/mol. The van der Waals surface area contributed by atoms with Crippen LogP contribution in [0.5, 0.6) is 0 Å². The van der Waals surface area contributed by atoms with E-state index in [4.69, 9.17) is 4.74 Å². The molecule has 16 heavy (non-hydrogen) atoms. The van der Waals surface area contributed by atoms with Crippen LogP contribution in [0.25, 0.3) is 0 Å². The van der Waals surface area contributed by atoms with E-state index in [9.17, 15) is 0 Å². The first-order valence-electron chi connectivity index (χ1n) is 6.15. The van der Waals surface area contributed by atoms with Crippen molar-refractivity contribution < 1.29 is 4.74 Å². The van der Waals surface area contributed by atoms with Gasteiger partial charge in [-0.25, -0.2) is 0 Å². The lowest BCUT2D eigenvalue weighted by Crippen LogP contribution is -2.28. The summed E-state index contributed by atoms with van der Waals surface area (Å²) in [5.41, 5.74) is 0.352. The van der Waals surface area contributed by atoms with Gasteiger partial charge in [0.1, 0.15) is 0 Å². The largest absolute Gasteiger partial charge is 0.381 e. The molecule has 0 unspecified atom stereocenters. The molecule has 0 aromatic carbocycles. The Bertz CT molecular complexity index is 165. The summed E-state index contributed by atoms with van der Waals surface area (Å²) in [7, 11) is 0. The molecule has 3 heteroatoms. The minimum absolute atomic E-state index is 0.352. The van der Waals surface area contributed by atoms with Gasteiger partial charge in [0, 0.05) is 23.9 Å². The number of hydrogen-bond acceptors (Lipinski definition) is 1. The predicted molar refractivity (Wildman–Crippen MR) is 79.8 cm³/mol. The van der Waals surface area contributed by atoms with Gasteiger partial charge < -0.3 is 4.74 Å². The summed E-state index contributed by atoms with van der Waals surface area (Å²) in [6.07, 6.45) is 2.38. The van der Waals surface area contributed by atoms with Crippen LogP contribution in [0.3, 0.4) is 0 Å². The van der Waals surface area contributed by atoms with Gasteiger partial charge in [-0.3, -0.25) is 0 Å². The van der Waals surface area contributed by atoms with Gasteiger partial charge in [0.2, 0.25) is 0 Å². The quantitative estimate of drug-likeness (QED) is 0.422. The summed E-state index contributed by atoms with van der Waals surface area (Å²) in [4.78, 5) is 0. The van der Waals surface area contributed by atoms with Crippen LogP contribution < -0.4 is 0 Å². The molecule has 0 aliphatic carbocycles. The summed E-state index contributed by atoms with van der Waals surface area (Å²) in [6.45, 7) is 10.7. The summed E-state index contributed by atoms with van der Waals surface area (Å²) >= 11 is 7.31. The minimum atomic E-state index is 0.352. The summed E-state index contributed by atoms with van der Waals surface area (Å²) in [5, 5.41) is 2.10.